The van der Waals surface area contributed by atoms with Gasteiger partial charge >= 0.3 is 0 Å². The molecule has 0 fully saturated rings. The van der Waals surface area contributed by atoms with Gasteiger partial charge in [0.05, 0.1) is 22.5 Å². The van der Waals surface area contributed by atoms with E-state index in [1.807, 2.05) is 48.7 Å². The molecule has 0 radical (unpaired) electrons. The number of hydrogen-bond acceptors (Lipinski definition) is 6. The zero-order valence-corrected chi connectivity index (χ0v) is 21.1. The lowest BCUT2D eigenvalue weighted by Crippen LogP contribution is -2.30. The maximum atomic E-state index is 12.9. The Morgan fingerprint density at radius 2 is 1.86 bits per heavy atom. The number of carbonyl (C=O) groups excluding carboxylic acids is 1. The van der Waals surface area contributed by atoms with Crippen LogP contribution in [0, 0.1) is 0 Å². The molecule has 11 heteroatoms. The predicted octanol–water partition coefficient (Wildman–Crippen LogP) is 2.77. The fourth-order valence-corrected chi connectivity index (χ4v) is 5.68. The van der Waals surface area contributed by atoms with Crippen LogP contribution in [0.25, 0.3) is 16.7 Å². The minimum atomic E-state index is -3.57. The number of imidazole rings is 1. The van der Waals surface area contributed by atoms with Gasteiger partial charge in [-0.2, -0.15) is 4.31 Å². The molecule has 1 amide bonds. The van der Waals surface area contributed by atoms with Crippen LogP contribution in [-0.2, 0) is 34.3 Å². The van der Waals surface area contributed by atoms with Crippen LogP contribution in [0.5, 0.6) is 0 Å². The van der Waals surface area contributed by atoms with Gasteiger partial charge in [-0.05, 0) is 36.8 Å². The quantitative estimate of drug-likeness (QED) is 0.341. The topological polar surface area (TPSA) is 114 Å². The van der Waals surface area contributed by atoms with Crippen molar-refractivity contribution in [3.63, 3.8) is 0 Å². The van der Waals surface area contributed by atoms with Crippen LogP contribution in [0.15, 0.2) is 47.5 Å². The molecule has 1 aromatic carbocycles. The van der Waals surface area contributed by atoms with Gasteiger partial charge in [0.2, 0.25) is 15.9 Å². The molecule has 1 N–H and O–H groups in total. The van der Waals surface area contributed by atoms with Crippen LogP contribution in [0.2, 0.25) is 0 Å². The lowest BCUT2D eigenvalue weighted by atomic mass is 10.2. The molecular weight excluding hydrogens is 466 g/mol. The third-order valence-corrected chi connectivity index (χ3v) is 8.04. The van der Waals surface area contributed by atoms with E-state index in [-0.39, 0.29) is 23.8 Å². The molecule has 10 nitrogen and oxygen atoms in total. The van der Waals surface area contributed by atoms with Gasteiger partial charge in [-0.25, -0.2) is 13.4 Å². The van der Waals surface area contributed by atoms with E-state index in [1.165, 1.54) is 4.31 Å². The Kier molecular flexibility index (Phi) is 7.46. The molecule has 0 aliphatic rings. The molecule has 3 heterocycles. The molecule has 0 saturated heterocycles. The van der Waals surface area contributed by atoms with E-state index >= 15 is 0 Å². The van der Waals surface area contributed by atoms with Crippen LogP contribution in [0.3, 0.4) is 0 Å². The number of hydrogen-bond donors (Lipinski definition) is 1. The number of carbonyl (C=O) groups is 1. The summed E-state index contributed by atoms with van der Waals surface area (Å²) in [6.45, 7) is 7.56. The number of pyridine rings is 1. The molecule has 4 aromatic rings. The average Bonchev–Trinajstić information content (AvgIpc) is 3.43. The summed E-state index contributed by atoms with van der Waals surface area (Å²) in [6, 6.07) is 10.7. The van der Waals surface area contributed by atoms with Crippen LogP contribution in [-0.4, -0.2) is 55.9 Å². The van der Waals surface area contributed by atoms with Crippen molar-refractivity contribution < 1.29 is 13.2 Å². The van der Waals surface area contributed by atoms with Crippen molar-refractivity contribution >= 4 is 32.6 Å². The average molecular weight is 498 g/mol. The molecule has 186 valence electrons. The van der Waals surface area contributed by atoms with E-state index in [4.69, 9.17) is 4.98 Å². The molecule has 0 saturated carbocycles. The van der Waals surface area contributed by atoms with Gasteiger partial charge in [0, 0.05) is 38.7 Å². The highest BCUT2D eigenvalue weighted by molar-refractivity contribution is 7.89. The fraction of sp³-hybridized carbons (Fsp3) is 0.417. The third kappa shape index (κ3) is 5.06. The van der Waals surface area contributed by atoms with Gasteiger partial charge in [0.1, 0.15) is 5.82 Å². The summed E-state index contributed by atoms with van der Waals surface area (Å²) in [6.07, 6.45) is 3.45. The van der Waals surface area contributed by atoms with Gasteiger partial charge < -0.3 is 9.88 Å². The Balaban J connectivity index is 1.49. The van der Waals surface area contributed by atoms with Crippen LogP contribution in [0.1, 0.15) is 45.3 Å². The second-order valence-electron chi connectivity index (χ2n) is 8.24. The van der Waals surface area contributed by atoms with E-state index in [9.17, 15) is 13.2 Å². The lowest BCUT2D eigenvalue weighted by Gasteiger charge is -2.18. The summed E-state index contributed by atoms with van der Waals surface area (Å²) in [5, 5.41) is 11.1. The monoisotopic (exact) mass is 497 g/mol. The molecular formula is C24H31N7O3S. The third-order valence-electron chi connectivity index (χ3n) is 5.99. The number of nitrogens with zero attached hydrogens (tertiary/aromatic N) is 6. The Morgan fingerprint density at radius 3 is 2.60 bits per heavy atom. The molecule has 0 bridgehead atoms. The van der Waals surface area contributed by atoms with Crippen LogP contribution >= 0.6 is 0 Å². The molecule has 0 unspecified atom stereocenters. The highest BCUT2D eigenvalue weighted by atomic mass is 32.2. The largest absolute Gasteiger partial charge is 0.349 e. The molecule has 0 aliphatic heterocycles. The Labute approximate surface area is 205 Å². The van der Waals surface area contributed by atoms with Crippen molar-refractivity contribution in [2.45, 2.75) is 58.0 Å². The van der Waals surface area contributed by atoms with Gasteiger partial charge in [-0.3, -0.25) is 9.20 Å². The van der Waals surface area contributed by atoms with E-state index in [0.29, 0.717) is 30.9 Å². The maximum absolute atomic E-state index is 12.9. The number of nitrogens with one attached hydrogen (secondary N) is 1. The molecule has 3 aromatic heterocycles. The number of benzene rings is 1. The van der Waals surface area contributed by atoms with E-state index in [2.05, 4.69) is 27.0 Å². The summed E-state index contributed by atoms with van der Waals surface area (Å²) in [4.78, 5) is 17.5. The Bertz CT molecular complexity index is 1440. The van der Waals surface area contributed by atoms with Gasteiger partial charge in [-0.15, -0.1) is 10.2 Å². The zero-order chi connectivity index (χ0) is 25.0. The molecule has 0 atom stereocenters. The van der Waals surface area contributed by atoms with Gasteiger partial charge in [-0.1, -0.05) is 26.8 Å². The minimum Gasteiger partial charge on any atom is -0.349 e. The van der Waals surface area contributed by atoms with Crippen molar-refractivity contribution in [3.05, 3.63) is 54.2 Å². The summed E-state index contributed by atoms with van der Waals surface area (Å²) >= 11 is 0. The molecule has 0 aliphatic carbocycles. The Morgan fingerprint density at radius 1 is 1.06 bits per heavy atom. The fourth-order valence-electron chi connectivity index (χ4n) is 4.20. The highest BCUT2D eigenvalue weighted by Crippen LogP contribution is 2.24. The number of rotatable bonds is 11. The Hall–Kier alpha value is -3.31. The number of amides is 1. The number of aromatic nitrogens is 5. The normalized spacial score (nSPS) is 12.1. The van der Waals surface area contributed by atoms with Crippen molar-refractivity contribution in [1.29, 1.82) is 0 Å². The van der Waals surface area contributed by atoms with Crippen molar-refractivity contribution in [2.75, 3.05) is 13.1 Å². The predicted molar refractivity (Wildman–Crippen MR) is 133 cm³/mol. The van der Waals surface area contributed by atoms with Gasteiger partial charge in [0.15, 0.2) is 11.5 Å². The van der Waals surface area contributed by atoms with Crippen molar-refractivity contribution in [3.8, 4) is 0 Å². The van der Waals surface area contributed by atoms with E-state index < -0.39 is 10.0 Å². The standard InChI is InChI=1S/C24H31N7O3S/c1-4-14-30-20-11-10-18(35(33,34)29(5-2)6-3)16-19(20)26-21(30)12-13-24(32)25-17-23-28-27-22-9-7-8-15-31(22)23/h7-11,15-16H,4-6,12-14,17H2,1-3H3,(H,25,32). The summed E-state index contributed by atoms with van der Waals surface area (Å²) in [5.74, 6) is 1.31. The number of fused-ring (bicyclic) bond motifs is 2. The zero-order valence-electron chi connectivity index (χ0n) is 20.3. The van der Waals surface area contributed by atoms with Crippen LogP contribution < -0.4 is 5.32 Å². The van der Waals surface area contributed by atoms with Crippen LogP contribution in [0.4, 0.5) is 0 Å². The first-order valence-electron chi connectivity index (χ1n) is 11.9. The summed E-state index contributed by atoms with van der Waals surface area (Å²) in [5.41, 5.74) is 2.22. The lowest BCUT2D eigenvalue weighted by molar-refractivity contribution is -0.121. The number of sulfonamides is 1. The first-order chi connectivity index (χ1) is 16.9. The molecule has 35 heavy (non-hydrogen) atoms. The summed E-state index contributed by atoms with van der Waals surface area (Å²) in [7, 11) is -3.57. The molecule has 4 rings (SSSR count). The smallest absolute Gasteiger partial charge is 0.243 e. The highest BCUT2D eigenvalue weighted by Gasteiger charge is 2.23. The maximum Gasteiger partial charge on any atom is 0.243 e. The van der Waals surface area contributed by atoms with E-state index in [0.717, 1.165) is 30.0 Å². The van der Waals surface area contributed by atoms with Crippen molar-refractivity contribution in [1.82, 2.24) is 33.8 Å². The number of aryl methyl sites for hydroxylation is 2. The van der Waals surface area contributed by atoms with Gasteiger partial charge in [0.25, 0.3) is 0 Å². The minimum absolute atomic E-state index is 0.113. The first-order valence-corrected chi connectivity index (χ1v) is 13.4. The second kappa shape index (κ2) is 10.5. The SMILES string of the molecule is CCCn1c(CCC(=O)NCc2nnc3ccccn23)nc2cc(S(=O)(=O)N(CC)CC)ccc21. The summed E-state index contributed by atoms with van der Waals surface area (Å²) < 4.78 is 31.2. The van der Waals surface area contributed by atoms with E-state index in [1.54, 1.807) is 12.1 Å². The molecule has 0 spiro atoms. The second-order valence-corrected chi connectivity index (χ2v) is 10.2. The van der Waals surface area contributed by atoms with Crippen molar-refractivity contribution in [2.24, 2.45) is 0 Å². The first kappa shape index (κ1) is 24.8.